The van der Waals surface area contributed by atoms with Crippen molar-refractivity contribution in [1.82, 2.24) is 14.3 Å². The standard InChI is InChI=1S/C20H22ClN5OS/c1-14-8-9-15(2)18(10-14)25-12-22-26(20(25)28)13-24(3)11-19(27)23-17-7-5-4-6-16(17)21/h4-10,12H,11,13H2,1-3H3,(H,23,27)/p+1. The van der Waals surface area contributed by atoms with Crippen LogP contribution in [0.2, 0.25) is 5.02 Å². The van der Waals surface area contributed by atoms with E-state index in [0.29, 0.717) is 22.1 Å². The molecule has 28 heavy (non-hydrogen) atoms. The molecule has 3 rings (SSSR count). The zero-order chi connectivity index (χ0) is 20.3. The third-order valence-electron chi connectivity index (χ3n) is 4.39. The minimum atomic E-state index is -0.119. The average Bonchev–Trinajstić information content (AvgIpc) is 2.99. The lowest BCUT2D eigenvalue weighted by Gasteiger charge is -2.14. The van der Waals surface area contributed by atoms with Crippen LogP contribution >= 0.6 is 23.8 Å². The highest BCUT2D eigenvalue weighted by atomic mass is 35.5. The van der Waals surface area contributed by atoms with E-state index in [0.717, 1.165) is 21.7 Å². The first-order valence-electron chi connectivity index (χ1n) is 8.93. The number of nitrogens with one attached hydrogen (secondary N) is 2. The van der Waals surface area contributed by atoms with Crippen molar-refractivity contribution in [2.75, 3.05) is 18.9 Å². The number of anilines is 1. The second-order valence-corrected chi connectivity index (χ2v) is 7.67. The number of aromatic nitrogens is 3. The van der Waals surface area contributed by atoms with Crippen LogP contribution in [0.15, 0.2) is 48.8 Å². The summed E-state index contributed by atoms with van der Waals surface area (Å²) in [6.45, 7) is 4.84. The van der Waals surface area contributed by atoms with E-state index >= 15 is 0 Å². The number of quaternary nitrogens is 1. The van der Waals surface area contributed by atoms with Crippen LogP contribution in [0, 0.1) is 18.6 Å². The van der Waals surface area contributed by atoms with Crippen molar-refractivity contribution in [1.29, 1.82) is 0 Å². The van der Waals surface area contributed by atoms with E-state index in [1.165, 1.54) is 0 Å². The third-order valence-corrected chi connectivity index (χ3v) is 5.12. The smallest absolute Gasteiger partial charge is 0.279 e. The number of carbonyl (C=O) groups is 1. The molecule has 146 valence electrons. The zero-order valence-corrected chi connectivity index (χ0v) is 17.6. The molecule has 0 saturated heterocycles. The van der Waals surface area contributed by atoms with Crippen LogP contribution in [-0.2, 0) is 11.5 Å². The number of hydrogen-bond acceptors (Lipinski definition) is 3. The molecule has 1 unspecified atom stereocenters. The third kappa shape index (κ3) is 4.67. The number of para-hydroxylation sites is 1. The summed E-state index contributed by atoms with van der Waals surface area (Å²) in [5.74, 6) is -0.119. The highest BCUT2D eigenvalue weighted by molar-refractivity contribution is 7.71. The fourth-order valence-electron chi connectivity index (χ4n) is 2.93. The minimum Gasteiger partial charge on any atom is -0.320 e. The molecule has 2 aromatic carbocycles. The molecule has 0 bridgehead atoms. The highest BCUT2D eigenvalue weighted by Gasteiger charge is 2.14. The number of rotatable bonds is 6. The molecule has 1 aromatic heterocycles. The summed E-state index contributed by atoms with van der Waals surface area (Å²) in [5, 5.41) is 7.76. The zero-order valence-electron chi connectivity index (χ0n) is 16.1. The maximum atomic E-state index is 12.3. The van der Waals surface area contributed by atoms with Crippen molar-refractivity contribution in [3.63, 3.8) is 0 Å². The largest absolute Gasteiger partial charge is 0.320 e. The number of likely N-dealkylation sites (N-methyl/N-ethyl adjacent to an activating group) is 1. The van der Waals surface area contributed by atoms with Crippen LogP contribution in [0.25, 0.3) is 5.69 Å². The van der Waals surface area contributed by atoms with Crippen LogP contribution in [0.5, 0.6) is 0 Å². The quantitative estimate of drug-likeness (QED) is 0.607. The van der Waals surface area contributed by atoms with Gasteiger partial charge in [0.1, 0.15) is 6.33 Å². The Morgan fingerprint density at radius 1 is 1.25 bits per heavy atom. The second kappa shape index (κ2) is 8.68. The Hall–Kier alpha value is -2.48. The van der Waals surface area contributed by atoms with E-state index in [1.807, 2.05) is 37.6 Å². The van der Waals surface area contributed by atoms with Crippen molar-refractivity contribution >= 4 is 35.4 Å². The molecular weight excluding hydrogens is 394 g/mol. The fraction of sp³-hybridized carbons (Fsp3) is 0.250. The van der Waals surface area contributed by atoms with Crippen LogP contribution in [0.4, 0.5) is 5.69 Å². The van der Waals surface area contributed by atoms with Crippen molar-refractivity contribution in [2.45, 2.75) is 20.5 Å². The van der Waals surface area contributed by atoms with Gasteiger partial charge in [-0.25, -0.2) is 0 Å². The lowest BCUT2D eigenvalue weighted by Crippen LogP contribution is -3.09. The number of amides is 1. The van der Waals surface area contributed by atoms with Crippen molar-refractivity contribution in [3.8, 4) is 5.69 Å². The normalized spacial score (nSPS) is 12.0. The van der Waals surface area contributed by atoms with Gasteiger partial charge in [0.2, 0.25) is 4.77 Å². The summed E-state index contributed by atoms with van der Waals surface area (Å²) in [6, 6.07) is 13.4. The lowest BCUT2D eigenvalue weighted by atomic mass is 10.1. The highest BCUT2D eigenvalue weighted by Crippen LogP contribution is 2.20. The first-order chi connectivity index (χ1) is 13.3. The van der Waals surface area contributed by atoms with Crippen LogP contribution in [0.1, 0.15) is 11.1 Å². The molecule has 1 atom stereocenters. The molecular formula is C20H23ClN5OS+. The first kappa shape index (κ1) is 20.3. The van der Waals surface area contributed by atoms with Crippen molar-refractivity contribution in [2.24, 2.45) is 0 Å². The molecule has 0 saturated carbocycles. The Labute approximate surface area is 174 Å². The number of halogens is 1. The van der Waals surface area contributed by atoms with E-state index < -0.39 is 0 Å². The molecule has 1 amide bonds. The summed E-state index contributed by atoms with van der Waals surface area (Å²) >= 11 is 11.7. The summed E-state index contributed by atoms with van der Waals surface area (Å²) in [7, 11) is 1.92. The van der Waals surface area contributed by atoms with Gasteiger partial charge in [-0.1, -0.05) is 35.9 Å². The summed E-state index contributed by atoms with van der Waals surface area (Å²) in [6.07, 6.45) is 1.72. The van der Waals surface area contributed by atoms with E-state index in [1.54, 1.807) is 23.1 Å². The predicted octanol–water partition coefficient (Wildman–Crippen LogP) is 2.78. The number of nitrogens with zero attached hydrogens (tertiary/aromatic N) is 3. The SMILES string of the molecule is Cc1ccc(C)c(-n2cnn(C[NH+](C)CC(=O)Nc3ccccc3Cl)c2=S)c1. The number of carbonyl (C=O) groups excluding carboxylic acids is 1. The molecule has 0 fully saturated rings. The average molecular weight is 417 g/mol. The Morgan fingerprint density at radius 3 is 2.75 bits per heavy atom. The fourth-order valence-corrected chi connectivity index (χ4v) is 3.37. The van der Waals surface area contributed by atoms with E-state index in [9.17, 15) is 4.79 Å². The van der Waals surface area contributed by atoms with Gasteiger partial charge in [0.05, 0.1) is 23.4 Å². The molecule has 0 aliphatic carbocycles. The minimum absolute atomic E-state index is 0.119. The molecule has 2 N–H and O–H groups in total. The Morgan fingerprint density at radius 2 is 2.00 bits per heavy atom. The van der Waals surface area contributed by atoms with Gasteiger partial charge in [0.15, 0.2) is 13.2 Å². The van der Waals surface area contributed by atoms with Crippen LogP contribution < -0.4 is 10.2 Å². The lowest BCUT2D eigenvalue weighted by molar-refractivity contribution is -0.895. The van der Waals surface area contributed by atoms with Crippen molar-refractivity contribution in [3.05, 3.63) is 69.7 Å². The Kier molecular flexibility index (Phi) is 6.28. The van der Waals surface area contributed by atoms with Gasteiger partial charge < -0.3 is 10.2 Å². The summed E-state index contributed by atoms with van der Waals surface area (Å²) in [4.78, 5) is 13.3. The Balaban J connectivity index is 1.68. The maximum Gasteiger partial charge on any atom is 0.279 e. The predicted molar refractivity (Wildman–Crippen MR) is 114 cm³/mol. The number of aryl methyl sites for hydroxylation is 2. The van der Waals surface area contributed by atoms with Gasteiger partial charge in [-0.3, -0.25) is 9.36 Å². The molecule has 0 aliphatic heterocycles. The Bertz CT molecular complexity index is 1060. The van der Waals surface area contributed by atoms with Gasteiger partial charge in [0.25, 0.3) is 5.91 Å². The molecule has 1 heterocycles. The number of hydrogen-bond donors (Lipinski definition) is 2. The van der Waals surface area contributed by atoms with Crippen LogP contribution in [0.3, 0.4) is 0 Å². The number of benzene rings is 2. The monoisotopic (exact) mass is 416 g/mol. The van der Waals surface area contributed by atoms with Gasteiger partial charge in [-0.05, 0) is 55.4 Å². The second-order valence-electron chi connectivity index (χ2n) is 6.89. The van der Waals surface area contributed by atoms with E-state index in [4.69, 9.17) is 23.8 Å². The van der Waals surface area contributed by atoms with Gasteiger partial charge in [-0.2, -0.15) is 9.78 Å². The maximum absolute atomic E-state index is 12.3. The van der Waals surface area contributed by atoms with E-state index in [2.05, 4.69) is 28.6 Å². The van der Waals surface area contributed by atoms with E-state index in [-0.39, 0.29) is 12.5 Å². The summed E-state index contributed by atoms with van der Waals surface area (Å²) in [5.41, 5.74) is 3.92. The first-order valence-corrected chi connectivity index (χ1v) is 9.71. The molecule has 3 aromatic rings. The van der Waals surface area contributed by atoms with Gasteiger partial charge in [0, 0.05) is 0 Å². The van der Waals surface area contributed by atoms with Gasteiger partial charge >= 0.3 is 0 Å². The molecule has 0 spiro atoms. The molecule has 8 heteroatoms. The van der Waals surface area contributed by atoms with Crippen molar-refractivity contribution < 1.29 is 9.69 Å². The summed E-state index contributed by atoms with van der Waals surface area (Å²) < 4.78 is 4.23. The molecule has 0 aliphatic rings. The topological polar surface area (TPSA) is 56.3 Å². The molecule has 6 nitrogen and oxygen atoms in total. The molecule has 0 radical (unpaired) electrons. The van der Waals surface area contributed by atoms with Gasteiger partial charge in [-0.15, -0.1) is 0 Å². The van der Waals surface area contributed by atoms with Crippen LogP contribution in [-0.4, -0.2) is 33.8 Å².